The van der Waals surface area contributed by atoms with Gasteiger partial charge in [-0.25, -0.2) is 9.78 Å². The molecule has 1 aliphatic heterocycles. The van der Waals surface area contributed by atoms with Crippen LogP contribution in [0.4, 0.5) is 17.5 Å². The Labute approximate surface area is 205 Å². The van der Waals surface area contributed by atoms with E-state index >= 15 is 0 Å². The molecule has 1 saturated heterocycles. The van der Waals surface area contributed by atoms with Crippen LogP contribution in [0.15, 0.2) is 29.2 Å². The Kier molecular flexibility index (Phi) is 6.63. The fourth-order valence-electron chi connectivity index (χ4n) is 4.39. The van der Waals surface area contributed by atoms with E-state index < -0.39 is 5.60 Å². The third-order valence-corrected chi connectivity index (χ3v) is 7.01. The van der Waals surface area contributed by atoms with Crippen molar-refractivity contribution in [3.63, 3.8) is 0 Å². The van der Waals surface area contributed by atoms with Crippen LogP contribution in [0.25, 0.3) is 11.0 Å². The third-order valence-electron chi connectivity index (χ3n) is 6.73. The van der Waals surface area contributed by atoms with Crippen molar-refractivity contribution in [3.05, 3.63) is 39.9 Å². The Bertz CT molecular complexity index is 1230. The number of halogens is 1. The molecule has 3 heterocycles. The second-order valence-electron chi connectivity index (χ2n) is 10.0. The number of hydrogen-bond acceptors (Lipinski definition) is 7. The van der Waals surface area contributed by atoms with Crippen molar-refractivity contribution in [2.45, 2.75) is 58.3 Å². The number of nitrogens with zero attached hydrogens (tertiary/aromatic N) is 6. The number of imidazole rings is 1. The molecule has 0 radical (unpaired) electrons. The molecular weight excluding hydrogens is 454 g/mol. The maximum absolute atomic E-state index is 12.8. The van der Waals surface area contributed by atoms with Gasteiger partial charge in [0.15, 0.2) is 5.82 Å². The zero-order valence-corrected chi connectivity index (χ0v) is 21.5. The van der Waals surface area contributed by atoms with Crippen LogP contribution in [-0.4, -0.2) is 66.9 Å². The average Bonchev–Trinajstić information content (AvgIpc) is 3.00. The van der Waals surface area contributed by atoms with Gasteiger partial charge in [0.2, 0.25) is 5.95 Å². The summed E-state index contributed by atoms with van der Waals surface area (Å²) in [5.74, 6) is 1.16. The van der Waals surface area contributed by atoms with Crippen molar-refractivity contribution < 1.29 is 5.11 Å². The van der Waals surface area contributed by atoms with Gasteiger partial charge in [-0.15, -0.1) is 0 Å². The molecule has 2 atom stereocenters. The number of nitrogens with one attached hydrogen (secondary N) is 1. The topological polar surface area (TPSA) is 91.5 Å². The van der Waals surface area contributed by atoms with E-state index in [1.54, 1.807) is 36.2 Å². The zero-order valence-electron chi connectivity index (χ0n) is 20.7. The fraction of sp³-hybridized carbons (Fsp3) is 0.542. The van der Waals surface area contributed by atoms with Crippen molar-refractivity contribution in [2.75, 3.05) is 30.4 Å². The highest BCUT2D eigenvalue weighted by Crippen LogP contribution is 2.28. The fourth-order valence-corrected chi connectivity index (χ4v) is 4.53. The summed E-state index contributed by atoms with van der Waals surface area (Å²) in [5, 5.41) is 13.9. The molecule has 4 rings (SSSR count). The molecule has 184 valence electrons. The lowest BCUT2D eigenvalue weighted by molar-refractivity contribution is 0.0662. The van der Waals surface area contributed by atoms with E-state index in [0.717, 1.165) is 29.8 Å². The molecule has 9 nitrogen and oxygen atoms in total. The number of aromatic nitrogens is 4. The molecule has 0 spiro atoms. The first-order valence-electron chi connectivity index (χ1n) is 11.6. The summed E-state index contributed by atoms with van der Waals surface area (Å²) in [5.41, 5.74) is 1.40. The first-order chi connectivity index (χ1) is 15.9. The summed E-state index contributed by atoms with van der Waals surface area (Å²) in [6, 6.07) is 6.50. The maximum atomic E-state index is 12.8. The van der Waals surface area contributed by atoms with Gasteiger partial charge < -0.3 is 15.3 Å². The van der Waals surface area contributed by atoms with Gasteiger partial charge in [0.1, 0.15) is 5.02 Å². The smallest absolute Gasteiger partial charge is 0.328 e. The highest BCUT2D eigenvalue weighted by Gasteiger charge is 2.28. The quantitative estimate of drug-likeness (QED) is 0.551. The van der Waals surface area contributed by atoms with E-state index in [2.05, 4.69) is 41.0 Å². The molecule has 0 amide bonds. The van der Waals surface area contributed by atoms with E-state index in [1.807, 2.05) is 18.2 Å². The molecular formula is C24H34ClN7O2. The molecule has 0 bridgehead atoms. The second-order valence-corrected chi connectivity index (χ2v) is 10.4. The van der Waals surface area contributed by atoms with E-state index in [-0.39, 0.29) is 5.69 Å². The van der Waals surface area contributed by atoms with Crippen molar-refractivity contribution in [1.29, 1.82) is 0 Å². The number of likely N-dealkylation sites (N-methyl/N-ethyl adjacent to an activating group) is 1. The molecule has 0 unspecified atom stereocenters. The monoisotopic (exact) mass is 487 g/mol. The van der Waals surface area contributed by atoms with Crippen LogP contribution in [0.3, 0.4) is 0 Å². The van der Waals surface area contributed by atoms with Crippen LogP contribution >= 0.6 is 11.6 Å². The minimum absolute atomic E-state index is 0.114. The van der Waals surface area contributed by atoms with Crippen LogP contribution < -0.4 is 15.9 Å². The van der Waals surface area contributed by atoms with Gasteiger partial charge in [-0.2, -0.15) is 4.98 Å². The summed E-state index contributed by atoms with van der Waals surface area (Å²) < 4.78 is 3.31. The van der Waals surface area contributed by atoms with Crippen molar-refractivity contribution in [1.82, 2.24) is 24.0 Å². The number of aryl methyl sites for hydroxylation is 2. The van der Waals surface area contributed by atoms with Gasteiger partial charge in [-0.1, -0.05) is 11.6 Å². The number of anilines is 3. The number of benzene rings is 1. The second kappa shape index (κ2) is 9.20. The Morgan fingerprint density at radius 3 is 2.50 bits per heavy atom. The molecule has 10 heteroatoms. The minimum atomic E-state index is -0.861. The Morgan fingerprint density at radius 2 is 1.85 bits per heavy atom. The van der Waals surface area contributed by atoms with Crippen molar-refractivity contribution >= 4 is 40.1 Å². The van der Waals surface area contributed by atoms with Crippen LogP contribution in [0.1, 0.15) is 34.1 Å². The minimum Gasteiger partial charge on any atom is -0.390 e. The Balaban J connectivity index is 1.63. The van der Waals surface area contributed by atoms with Gasteiger partial charge in [0.25, 0.3) is 0 Å². The lowest BCUT2D eigenvalue weighted by Crippen LogP contribution is -2.55. The predicted molar refractivity (Wildman–Crippen MR) is 137 cm³/mol. The number of aliphatic hydroxyl groups is 1. The number of rotatable bonds is 6. The molecule has 34 heavy (non-hydrogen) atoms. The van der Waals surface area contributed by atoms with Crippen molar-refractivity contribution in [2.24, 2.45) is 7.05 Å². The summed E-state index contributed by atoms with van der Waals surface area (Å²) in [6.45, 7) is 9.98. The summed E-state index contributed by atoms with van der Waals surface area (Å²) >= 11 is 6.44. The van der Waals surface area contributed by atoms with E-state index in [4.69, 9.17) is 16.6 Å². The molecule has 2 N–H and O–H groups in total. The molecule has 0 saturated carbocycles. The predicted octanol–water partition coefficient (Wildman–Crippen LogP) is 3.22. The lowest BCUT2D eigenvalue weighted by Gasteiger charge is -2.42. The number of piperazine rings is 1. The molecule has 1 fully saturated rings. The number of fused-ring (bicyclic) bond motifs is 1. The van der Waals surface area contributed by atoms with Gasteiger partial charge in [-0.05, 0) is 59.4 Å². The standard InChI is InChI=1S/C24H34ClN7O2/c1-15-13-31(14-16(2)29(15)5)22-26-12-18(25)21(28-22)27-17-7-8-19-20(11-17)32(23(33)30(19)6)10-9-24(3,4)34/h7-8,11-12,15-16,34H,9-10,13-14H2,1-6H3,(H,26,27,28)/t15-,16+. The van der Waals surface area contributed by atoms with Crippen LogP contribution in [-0.2, 0) is 13.6 Å². The van der Waals surface area contributed by atoms with Crippen LogP contribution in [0, 0.1) is 0 Å². The highest BCUT2D eigenvalue weighted by molar-refractivity contribution is 6.32. The summed E-state index contributed by atoms with van der Waals surface area (Å²) in [4.78, 5) is 26.5. The normalized spacial score (nSPS) is 19.7. The van der Waals surface area contributed by atoms with Gasteiger partial charge in [-0.3, -0.25) is 14.0 Å². The van der Waals surface area contributed by atoms with Gasteiger partial charge in [0, 0.05) is 44.5 Å². The van der Waals surface area contributed by atoms with E-state index in [9.17, 15) is 9.90 Å². The molecule has 3 aromatic rings. The van der Waals surface area contributed by atoms with Gasteiger partial charge in [0.05, 0.1) is 22.8 Å². The largest absolute Gasteiger partial charge is 0.390 e. The molecule has 0 aliphatic carbocycles. The maximum Gasteiger partial charge on any atom is 0.328 e. The Morgan fingerprint density at radius 1 is 1.18 bits per heavy atom. The summed E-state index contributed by atoms with van der Waals surface area (Å²) in [6.07, 6.45) is 2.09. The first kappa shape index (κ1) is 24.5. The summed E-state index contributed by atoms with van der Waals surface area (Å²) in [7, 11) is 3.90. The average molecular weight is 488 g/mol. The van der Waals surface area contributed by atoms with Crippen LogP contribution in [0.5, 0.6) is 0 Å². The van der Waals surface area contributed by atoms with Crippen LogP contribution in [0.2, 0.25) is 5.02 Å². The number of hydrogen-bond donors (Lipinski definition) is 2. The van der Waals surface area contributed by atoms with E-state index in [1.165, 1.54) is 0 Å². The van der Waals surface area contributed by atoms with E-state index in [0.29, 0.717) is 41.8 Å². The van der Waals surface area contributed by atoms with Crippen molar-refractivity contribution in [3.8, 4) is 0 Å². The Hall–Kier alpha value is -2.62. The van der Waals surface area contributed by atoms with Gasteiger partial charge >= 0.3 is 5.69 Å². The molecule has 2 aromatic heterocycles. The molecule has 1 aliphatic rings. The SMILES string of the molecule is C[C@@H]1CN(c2ncc(Cl)c(Nc3ccc4c(c3)n(CCC(C)(C)O)c(=O)n4C)n2)C[C@H](C)N1C. The zero-order chi connectivity index (χ0) is 24.8. The highest BCUT2D eigenvalue weighted by atomic mass is 35.5. The molecule has 1 aromatic carbocycles. The lowest BCUT2D eigenvalue weighted by atomic mass is 10.1. The first-order valence-corrected chi connectivity index (χ1v) is 12.0. The third kappa shape index (κ3) is 4.92.